The monoisotopic (exact) mass is 352 g/mol. The number of aromatic nitrogens is 1. The number of anilines is 1. The first kappa shape index (κ1) is 16.3. The van der Waals surface area contributed by atoms with Gasteiger partial charge >= 0.3 is 6.18 Å². The fraction of sp³-hybridized carbons (Fsp3) is 0.125. The molecule has 4 nitrogen and oxygen atoms in total. The van der Waals surface area contributed by atoms with Crippen molar-refractivity contribution in [1.29, 1.82) is 0 Å². The van der Waals surface area contributed by atoms with Crippen LogP contribution in [0.15, 0.2) is 52.5 Å². The molecular weight excluding hydrogens is 341 g/mol. The number of benzene rings is 1. The van der Waals surface area contributed by atoms with Crippen molar-refractivity contribution >= 4 is 22.9 Å². The summed E-state index contributed by atoms with van der Waals surface area (Å²) in [7, 11) is 0. The highest BCUT2D eigenvalue weighted by Gasteiger charge is 2.29. The number of halogens is 3. The normalized spacial score (nSPS) is 11.5. The Labute approximate surface area is 139 Å². The number of carbonyl (C=O) groups excluding carboxylic acids is 1. The van der Waals surface area contributed by atoms with E-state index < -0.39 is 11.7 Å². The number of furan rings is 1. The van der Waals surface area contributed by atoms with Gasteiger partial charge in [-0.15, -0.1) is 11.3 Å². The zero-order valence-corrected chi connectivity index (χ0v) is 12.9. The maximum Gasteiger partial charge on any atom is 0.416 e. The van der Waals surface area contributed by atoms with Gasteiger partial charge in [0, 0.05) is 11.1 Å². The van der Waals surface area contributed by atoms with E-state index in [1.807, 2.05) is 0 Å². The predicted molar refractivity (Wildman–Crippen MR) is 83.6 cm³/mol. The number of amides is 1. The van der Waals surface area contributed by atoms with Crippen molar-refractivity contribution in [1.82, 2.24) is 4.98 Å². The van der Waals surface area contributed by atoms with Gasteiger partial charge in [0.2, 0.25) is 5.91 Å². The Morgan fingerprint density at radius 3 is 2.58 bits per heavy atom. The van der Waals surface area contributed by atoms with Gasteiger partial charge in [-0.3, -0.25) is 4.79 Å². The van der Waals surface area contributed by atoms with Gasteiger partial charge in [0.1, 0.15) is 0 Å². The molecule has 1 N–H and O–H groups in total. The van der Waals surface area contributed by atoms with Crippen molar-refractivity contribution in [2.24, 2.45) is 0 Å². The van der Waals surface area contributed by atoms with E-state index in [2.05, 4.69) is 10.3 Å². The Hall–Kier alpha value is -2.61. The van der Waals surface area contributed by atoms with Crippen molar-refractivity contribution in [2.75, 3.05) is 5.32 Å². The van der Waals surface area contributed by atoms with E-state index in [0.717, 1.165) is 12.1 Å². The summed E-state index contributed by atoms with van der Waals surface area (Å²) in [6.07, 6.45) is -2.84. The molecule has 0 aliphatic carbocycles. The number of carbonyl (C=O) groups is 1. The van der Waals surface area contributed by atoms with Crippen LogP contribution in [0.4, 0.5) is 18.9 Å². The Kier molecular flexibility index (Phi) is 4.39. The highest BCUT2D eigenvalue weighted by Crippen LogP contribution is 2.30. The number of alkyl halides is 3. The molecule has 0 saturated heterocycles. The van der Waals surface area contributed by atoms with Crippen molar-refractivity contribution in [2.45, 2.75) is 12.6 Å². The van der Waals surface area contributed by atoms with Crippen LogP contribution in [0.5, 0.6) is 0 Å². The Balaban J connectivity index is 1.62. The quantitative estimate of drug-likeness (QED) is 0.746. The van der Waals surface area contributed by atoms with E-state index in [1.165, 1.54) is 29.7 Å². The van der Waals surface area contributed by atoms with E-state index in [9.17, 15) is 18.0 Å². The molecule has 3 rings (SSSR count). The number of hydrogen-bond donors (Lipinski definition) is 1. The van der Waals surface area contributed by atoms with E-state index in [1.54, 1.807) is 17.5 Å². The van der Waals surface area contributed by atoms with Crippen molar-refractivity contribution < 1.29 is 22.4 Å². The van der Waals surface area contributed by atoms with Crippen LogP contribution < -0.4 is 5.32 Å². The lowest BCUT2D eigenvalue weighted by atomic mass is 10.2. The molecule has 1 amide bonds. The molecule has 0 spiro atoms. The minimum atomic E-state index is -4.40. The van der Waals surface area contributed by atoms with Crippen molar-refractivity contribution in [3.8, 4) is 10.8 Å². The largest absolute Gasteiger partial charge is 0.462 e. The van der Waals surface area contributed by atoms with E-state index in [-0.39, 0.29) is 12.3 Å². The lowest BCUT2D eigenvalue weighted by Crippen LogP contribution is -2.15. The second kappa shape index (κ2) is 6.48. The summed E-state index contributed by atoms with van der Waals surface area (Å²) in [6.45, 7) is 0. The molecular formula is C16H11F3N2O2S. The molecule has 0 unspecified atom stereocenters. The maximum atomic E-state index is 12.5. The standard InChI is InChI=1S/C16H11F3N2O2S/c17-16(18,19)10-3-5-11(6-4-10)20-14(22)8-12-9-24-15(21-12)13-2-1-7-23-13/h1-7,9H,8H2,(H,20,22). The molecule has 0 aliphatic rings. The second-order valence-corrected chi connectivity index (χ2v) is 5.78. The van der Waals surface area contributed by atoms with Gasteiger partial charge in [0.05, 0.1) is 23.9 Å². The highest BCUT2D eigenvalue weighted by molar-refractivity contribution is 7.13. The first-order valence-electron chi connectivity index (χ1n) is 6.87. The van der Waals surface area contributed by atoms with Gasteiger partial charge in [-0.1, -0.05) is 0 Å². The molecule has 3 aromatic rings. The van der Waals surface area contributed by atoms with E-state index >= 15 is 0 Å². The summed E-state index contributed by atoms with van der Waals surface area (Å²) in [5, 5.41) is 4.95. The van der Waals surface area contributed by atoms with Crippen LogP contribution in [-0.4, -0.2) is 10.9 Å². The van der Waals surface area contributed by atoms with Crippen LogP contribution in [0.1, 0.15) is 11.3 Å². The van der Waals surface area contributed by atoms with Crippen LogP contribution in [0, 0.1) is 0 Å². The van der Waals surface area contributed by atoms with Crippen molar-refractivity contribution in [3.05, 3.63) is 59.3 Å². The minimum absolute atomic E-state index is 0.0260. The lowest BCUT2D eigenvalue weighted by Gasteiger charge is -2.08. The summed E-state index contributed by atoms with van der Waals surface area (Å²) < 4.78 is 42.7. The molecule has 0 radical (unpaired) electrons. The maximum absolute atomic E-state index is 12.5. The Morgan fingerprint density at radius 2 is 1.96 bits per heavy atom. The smallest absolute Gasteiger partial charge is 0.416 e. The third-order valence-electron chi connectivity index (χ3n) is 3.12. The van der Waals surface area contributed by atoms with Gasteiger partial charge in [0.15, 0.2) is 10.8 Å². The summed E-state index contributed by atoms with van der Waals surface area (Å²) >= 11 is 1.35. The molecule has 0 fully saturated rings. The van der Waals surface area contributed by atoms with Gasteiger partial charge < -0.3 is 9.73 Å². The van der Waals surface area contributed by atoms with Crippen LogP contribution >= 0.6 is 11.3 Å². The van der Waals surface area contributed by atoms with Crippen LogP contribution in [0.25, 0.3) is 10.8 Å². The summed E-state index contributed by atoms with van der Waals surface area (Å²) in [5.74, 6) is 0.264. The minimum Gasteiger partial charge on any atom is -0.462 e. The van der Waals surface area contributed by atoms with Crippen molar-refractivity contribution in [3.63, 3.8) is 0 Å². The summed E-state index contributed by atoms with van der Waals surface area (Å²) in [4.78, 5) is 16.3. The zero-order valence-electron chi connectivity index (χ0n) is 12.1. The average Bonchev–Trinajstić information content (AvgIpc) is 3.17. The third-order valence-corrected chi connectivity index (χ3v) is 4.03. The van der Waals surface area contributed by atoms with Crippen LogP contribution in [0.3, 0.4) is 0 Å². The highest BCUT2D eigenvalue weighted by atomic mass is 32.1. The molecule has 8 heteroatoms. The summed E-state index contributed by atoms with van der Waals surface area (Å²) in [5.41, 5.74) is 0.105. The third kappa shape index (κ3) is 3.83. The number of rotatable bonds is 4. The van der Waals surface area contributed by atoms with E-state index in [0.29, 0.717) is 22.1 Å². The Bertz CT molecular complexity index is 824. The Morgan fingerprint density at radius 1 is 1.21 bits per heavy atom. The van der Waals surface area contributed by atoms with Crippen LogP contribution in [0.2, 0.25) is 0 Å². The molecule has 2 aromatic heterocycles. The number of nitrogens with one attached hydrogen (secondary N) is 1. The second-order valence-electron chi connectivity index (χ2n) is 4.92. The first-order chi connectivity index (χ1) is 11.4. The number of thiazole rings is 1. The first-order valence-corrected chi connectivity index (χ1v) is 7.75. The number of hydrogen-bond acceptors (Lipinski definition) is 4. The molecule has 1 aromatic carbocycles. The predicted octanol–water partition coefficient (Wildman–Crippen LogP) is 4.60. The molecule has 0 aliphatic heterocycles. The molecule has 0 atom stereocenters. The zero-order chi connectivity index (χ0) is 17.2. The molecule has 124 valence electrons. The van der Waals surface area contributed by atoms with E-state index in [4.69, 9.17) is 4.42 Å². The molecule has 24 heavy (non-hydrogen) atoms. The van der Waals surface area contributed by atoms with Gasteiger partial charge in [-0.2, -0.15) is 13.2 Å². The van der Waals surface area contributed by atoms with Crippen LogP contribution in [-0.2, 0) is 17.4 Å². The molecule has 2 heterocycles. The topological polar surface area (TPSA) is 55.1 Å². The van der Waals surface area contributed by atoms with Gasteiger partial charge in [0.25, 0.3) is 0 Å². The lowest BCUT2D eigenvalue weighted by molar-refractivity contribution is -0.137. The molecule has 0 bridgehead atoms. The fourth-order valence-electron chi connectivity index (χ4n) is 2.01. The molecule has 0 saturated carbocycles. The van der Waals surface area contributed by atoms with Gasteiger partial charge in [-0.05, 0) is 36.4 Å². The summed E-state index contributed by atoms with van der Waals surface area (Å²) in [6, 6.07) is 7.80. The SMILES string of the molecule is O=C(Cc1csc(-c2ccco2)n1)Nc1ccc(C(F)(F)F)cc1. The van der Waals surface area contributed by atoms with Gasteiger partial charge in [-0.25, -0.2) is 4.98 Å². The fourth-order valence-corrected chi connectivity index (χ4v) is 2.80. The average molecular weight is 352 g/mol. The number of nitrogens with zero attached hydrogens (tertiary/aromatic N) is 1.